The summed E-state index contributed by atoms with van der Waals surface area (Å²) in [7, 11) is 1.63. The molecule has 2 aromatic carbocycles. The van der Waals surface area contributed by atoms with Crippen molar-refractivity contribution in [3.63, 3.8) is 0 Å². The van der Waals surface area contributed by atoms with E-state index in [1.807, 2.05) is 26.0 Å². The standard InChI is InChI=1S/C17H17FN4O/c1-11-7-15(23-3)9-16(12(11)2)20-17-19-10-22(21-17)14-6-4-5-13(18)8-14/h4-10H,1-3H3,(H,20,21). The Bertz CT molecular complexity index is 844. The Morgan fingerprint density at radius 1 is 1.17 bits per heavy atom. The lowest BCUT2D eigenvalue weighted by Crippen LogP contribution is -2.00. The molecule has 0 spiro atoms. The van der Waals surface area contributed by atoms with E-state index in [1.165, 1.54) is 16.8 Å². The predicted octanol–water partition coefficient (Wildman–Crippen LogP) is 3.78. The monoisotopic (exact) mass is 312 g/mol. The van der Waals surface area contributed by atoms with E-state index in [0.29, 0.717) is 11.6 Å². The minimum atomic E-state index is -0.313. The Kier molecular flexibility index (Phi) is 3.97. The smallest absolute Gasteiger partial charge is 0.246 e. The van der Waals surface area contributed by atoms with Gasteiger partial charge < -0.3 is 10.1 Å². The number of anilines is 2. The summed E-state index contributed by atoms with van der Waals surface area (Å²) in [6.45, 7) is 4.03. The molecule has 0 amide bonds. The highest BCUT2D eigenvalue weighted by Crippen LogP contribution is 2.27. The maximum absolute atomic E-state index is 13.3. The minimum absolute atomic E-state index is 0.313. The van der Waals surface area contributed by atoms with Crippen LogP contribution in [0.5, 0.6) is 5.75 Å². The number of hydrogen-bond donors (Lipinski definition) is 1. The number of methoxy groups -OCH3 is 1. The molecular formula is C17H17FN4O. The second-order valence-electron chi connectivity index (χ2n) is 5.23. The molecule has 6 heteroatoms. The van der Waals surface area contributed by atoms with E-state index < -0.39 is 0 Å². The van der Waals surface area contributed by atoms with Crippen LogP contribution in [0.15, 0.2) is 42.7 Å². The van der Waals surface area contributed by atoms with Crippen molar-refractivity contribution in [3.8, 4) is 11.4 Å². The first-order valence-electron chi connectivity index (χ1n) is 7.16. The van der Waals surface area contributed by atoms with Crippen LogP contribution < -0.4 is 10.1 Å². The lowest BCUT2D eigenvalue weighted by Gasteiger charge is -2.11. The van der Waals surface area contributed by atoms with E-state index in [1.54, 1.807) is 25.6 Å². The number of aromatic nitrogens is 3. The van der Waals surface area contributed by atoms with Crippen molar-refractivity contribution in [1.29, 1.82) is 0 Å². The minimum Gasteiger partial charge on any atom is -0.497 e. The fourth-order valence-corrected chi connectivity index (χ4v) is 2.26. The van der Waals surface area contributed by atoms with Crippen LogP contribution in [0.3, 0.4) is 0 Å². The number of hydrogen-bond acceptors (Lipinski definition) is 4. The number of benzene rings is 2. The van der Waals surface area contributed by atoms with Crippen LogP contribution in [0.4, 0.5) is 16.0 Å². The lowest BCUT2D eigenvalue weighted by atomic mass is 10.1. The molecule has 0 aliphatic heterocycles. The summed E-state index contributed by atoms with van der Waals surface area (Å²) >= 11 is 0. The lowest BCUT2D eigenvalue weighted by molar-refractivity contribution is 0.414. The summed E-state index contributed by atoms with van der Waals surface area (Å²) in [5, 5.41) is 7.51. The molecule has 1 heterocycles. The molecule has 0 aliphatic rings. The van der Waals surface area contributed by atoms with Gasteiger partial charge in [0.2, 0.25) is 5.95 Å². The molecule has 118 valence electrons. The fourth-order valence-electron chi connectivity index (χ4n) is 2.26. The highest BCUT2D eigenvalue weighted by Gasteiger charge is 2.09. The third kappa shape index (κ3) is 3.15. The molecule has 1 aromatic heterocycles. The molecule has 0 saturated heterocycles. The molecular weight excluding hydrogens is 295 g/mol. The maximum atomic E-state index is 13.3. The van der Waals surface area contributed by atoms with Crippen molar-refractivity contribution >= 4 is 11.6 Å². The van der Waals surface area contributed by atoms with Gasteiger partial charge in [-0.15, -0.1) is 5.10 Å². The number of halogens is 1. The van der Waals surface area contributed by atoms with Crippen LogP contribution in [-0.2, 0) is 0 Å². The van der Waals surface area contributed by atoms with E-state index in [0.717, 1.165) is 22.6 Å². The summed E-state index contributed by atoms with van der Waals surface area (Å²) < 4.78 is 20.1. The average Bonchev–Trinajstić information content (AvgIpc) is 3.00. The highest BCUT2D eigenvalue weighted by molar-refractivity contribution is 5.63. The first-order chi connectivity index (χ1) is 11.1. The van der Waals surface area contributed by atoms with Gasteiger partial charge in [-0.2, -0.15) is 4.98 Å². The van der Waals surface area contributed by atoms with Crippen molar-refractivity contribution in [2.45, 2.75) is 13.8 Å². The quantitative estimate of drug-likeness (QED) is 0.796. The van der Waals surface area contributed by atoms with E-state index in [4.69, 9.17) is 4.74 Å². The van der Waals surface area contributed by atoms with Crippen LogP contribution in [0.1, 0.15) is 11.1 Å². The molecule has 5 nitrogen and oxygen atoms in total. The van der Waals surface area contributed by atoms with E-state index in [-0.39, 0.29) is 5.82 Å². The maximum Gasteiger partial charge on any atom is 0.246 e. The summed E-state index contributed by atoms with van der Waals surface area (Å²) in [5.74, 6) is 0.886. The third-order valence-electron chi connectivity index (χ3n) is 3.69. The van der Waals surface area contributed by atoms with Gasteiger partial charge in [0.1, 0.15) is 17.9 Å². The second kappa shape index (κ2) is 6.08. The Balaban J connectivity index is 1.89. The van der Waals surface area contributed by atoms with Gasteiger partial charge >= 0.3 is 0 Å². The summed E-state index contributed by atoms with van der Waals surface area (Å²) in [6, 6.07) is 10.1. The molecule has 3 aromatic rings. The first-order valence-corrected chi connectivity index (χ1v) is 7.16. The Labute approximate surface area is 133 Å². The third-order valence-corrected chi connectivity index (χ3v) is 3.69. The van der Waals surface area contributed by atoms with Crippen LogP contribution in [0.25, 0.3) is 5.69 Å². The zero-order chi connectivity index (χ0) is 16.4. The number of ether oxygens (including phenoxy) is 1. The predicted molar refractivity (Wildman–Crippen MR) is 87.1 cm³/mol. The second-order valence-corrected chi connectivity index (χ2v) is 5.23. The van der Waals surface area contributed by atoms with Crippen LogP contribution in [0, 0.1) is 19.7 Å². The van der Waals surface area contributed by atoms with Gasteiger partial charge in [-0.1, -0.05) is 6.07 Å². The molecule has 0 unspecified atom stereocenters. The van der Waals surface area contributed by atoms with Crippen molar-refractivity contribution in [2.24, 2.45) is 0 Å². The van der Waals surface area contributed by atoms with Gasteiger partial charge in [-0.3, -0.25) is 0 Å². The average molecular weight is 312 g/mol. The van der Waals surface area contributed by atoms with Gasteiger partial charge in [-0.05, 0) is 49.2 Å². The van der Waals surface area contributed by atoms with Crippen molar-refractivity contribution in [3.05, 3.63) is 59.7 Å². The molecule has 0 bridgehead atoms. The summed E-state index contributed by atoms with van der Waals surface area (Å²) in [5.41, 5.74) is 3.69. The Hall–Kier alpha value is -2.89. The van der Waals surface area contributed by atoms with E-state index >= 15 is 0 Å². The zero-order valence-electron chi connectivity index (χ0n) is 13.2. The Morgan fingerprint density at radius 3 is 2.74 bits per heavy atom. The molecule has 0 aliphatic carbocycles. The zero-order valence-corrected chi connectivity index (χ0v) is 13.2. The van der Waals surface area contributed by atoms with Gasteiger partial charge in [0, 0.05) is 11.8 Å². The summed E-state index contributed by atoms with van der Waals surface area (Å²) in [4.78, 5) is 4.22. The molecule has 3 rings (SSSR count). The fraction of sp³-hybridized carbons (Fsp3) is 0.176. The van der Waals surface area contributed by atoms with Gasteiger partial charge in [-0.25, -0.2) is 9.07 Å². The van der Waals surface area contributed by atoms with Crippen LogP contribution in [0.2, 0.25) is 0 Å². The SMILES string of the molecule is COc1cc(C)c(C)c(Nc2ncn(-c3cccc(F)c3)n2)c1. The molecule has 1 N–H and O–H groups in total. The van der Waals surface area contributed by atoms with Gasteiger partial charge in [0.05, 0.1) is 12.8 Å². The molecule has 0 atom stereocenters. The molecule has 0 fully saturated rings. The Morgan fingerprint density at radius 2 is 2.00 bits per heavy atom. The van der Waals surface area contributed by atoms with E-state index in [9.17, 15) is 4.39 Å². The largest absolute Gasteiger partial charge is 0.497 e. The van der Waals surface area contributed by atoms with Gasteiger partial charge in [0.25, 0.3) is 0 Å². The topological polar surface area (TPSA) is 52.0 Å². The van der Waals surface area contributed by atoms with Crippen LogP contribution in [-0.4, -0.2) is 21.9 Å². The van der Waals surface area contributed by atoms with Gasteiger partial charge in [0.15, 0.2) is 0 Å². The summed E-state index contributed by atoms with van der Waals surface area (Å²) in [6.07, 6.45) is 1.54. The van der Waals surface area contributed by atoms with Crippen molar-refractivity contribution in [2.75, 3.05) is 12.4 Å². The van der Waals surface area contributed by atoms with Crippen LogP contribution >= 0.6 is 0 Å². The van der Waals surface area contributed by atoms with Crippen molar-refractivity contribution < 1.29 is 9.13 Å². The number of rotatable bonds is 4. The molecule has 0 saturated carbocycles. The number of aryl methyl sites for hydroxylation is 1. The highest BCUT2D eigenvalue weighted by atomic mass is 19.1. The number of nitrogens with one attached hydrogen (secondary N) is 1. The normalized spacial score (nSPS) is 10.6. The molecule has 0 radical (unpaired) electrons. The van der Waals surface area contributed by atoms with Crippen molar-refractivity contribution in [1.82, 2.24) is 14.8 Å². The first kappa shape index (κ1) is 15.0. The molecule has 23 heavy (non-hydrogen) atoms. The van der Waals surface area contributed by atoms with E-state index in [2.05, 4.69) is 15.4 Å². The number of nitrogens with zero attached hydrogens (tertiary/aromatic N) is 3.